The highest BCUT2D eigenvalue weighted by Crippen LogP contribution is 2.18. The molecule has 0 aromatic rings. The van der Waals surface area contributed by atoms with Crippen LogP contribution in [0, 0.1) is 0 Å². The molecule has 0 aromatic heterocycles. The zero-order valence-corrected chi connectivity index (χ0v) is 12.0. The van der Waals surface area contributed by atoms with E-state index in [1.165, 1.54) is 50.9 Å². The van der Waals surface area contributed by atoms with Crippen LogP contribution in [0.5, 0.6) is 0 Å². The van der Waals surface area contributed by atoms with E-state index in [0.29, 0.717) is 0 Å². The van der Waals surface area contributed by atoms with Gasteiger partial charge in [0.2, 0.25) is 0 Å². The summed E-state index contributed by atoms with van der Waals surface area (Å²) in [6.07, 6.45) is 8.99. The maximum absolute atomic E-state index is 3.57. The lowest BCUT2D eigenvalue weighted by Gasteiger charge is -2.24. The zero-order valence-electron chi connectivity index (χ0n) is 11.2. The summed E-state index contributed by atoms with van der Waals surface area (Å²) in [5.41, 5.74) is 0. The highest BCUT2D eigenvalue weighted by molar-refractivity contribution is 7.98. The molecule has 0 heterocycles. The number of rotatable bonds is 10. The Bertz CT molecular complexity index is 171. The molecule has 0 bridgehead atoms. The first-order chi connectivity index (χ1) is 7.74. The first-order valence-electron chi connectivity index (χ1n) is 6.66. The zero-order chi connectivity index (χ0) is 11.8. The van der Waals surface area contributed by atoms with Gasteiger partial charge in [0.15, 0.2) is 0 Å². The highest BCUT2D eigenvalue weighted by atomic mass is 32.2. The molecule has 1 fully saturated rings. The van der Waals surface area contributed by atoms with Gasteiger partial charge in [-0.3, -0.25) is 0 Å². The third kappa shape index (κ3) is 6.77. The molecule has 3 heteroatoms. The minimum Gasteiger partial charge on any atom is -0.314 e. The smallest absolute Gasteiger partial charge is 0.00717 e. The van der Waals surface area contributed by atoms with Crippen LogP contribution < -0.4 is 5.32 Å². The van der Waals surface area contributed by atoms with Crippen molar-refractivity contribution in [1.82, 2.24) is 10.2 Å². The predicted octanol–water partition coefficient (Wildman–Crippen LogP) is 2.59. The Kier molecular flexibility index (Phi) is 7.50. The molecule has 1 aliphatic rings. The Morgan fingerprint density at radius 3 is 2.75 bits per heavy atom. The summed E-state index contributed by atoms with van der Waals surface area (Å²) in [5, 5.41) is 3.57. The highest BCUT2D eigenvalue weighted by Gasteiger charge is 2.19. The van der Waals surface area contributed by atoms with E-state index >= 15 is 0 Å². The third-order valence-electron chi connectivity index (χ3n) is 3.44. The lowest BCUT2D eigenvalue weighted by Crippen LogP contribution is -2.31. The van der Waals surface area contributed by atoms with Crippen molar-refractivity contribution in [2.45, 2.75) is 51.1 Å². The van der Waals surface area contributed by atoms with Crippen LogP contribution in [-0.4, -0.2) is 49.1 Å². The van der Waals surface area contributed by atoms with Crippen LogP contribution in [-0.2, 0) is 0 Å². The van der Waals surface area contributed by atoms with Crippen LogP contribution in [0.4, 0.5) is 0 Å². The molecule has 2 nitrogen and oxygen atoms in total. The van der Waals surface area contributed by atoms with Gasteiger partial charge in [0.25, 0.3) is 0 Å². The third-order valence-corrected chi connectivity index (χ3v) is 4.08. The van der Waals surface area contributed by atoms with Gasteiger partial charge >= 0.3 is 0 Å². The summed E-state index contributed by atoms with van der Waals surface area (Å²) < 4.78 is 0. The van der Waals surface area contributed by atoms with Gasteiger partial charge in [0.05, 0.1) is 0 Å². The van der Waals surface area contributed by atoms with Crippen molar-refractivity contribution in [3.05, 3.63) is 0 Å². The van der Waals surface area contributed by atoms with Crippen LogP contribution in [0.2, 0.25) is 0 Å². The Balaban J connectivity index is 1.89. The van der Waals surface area contributed by atoms with Crippen LogP contribution in [0.25, 0.3) is 0 Å². The van der Waals surface area contributed by atoms with Gasteiger partial charge in [-0.05, 0) is 71.2 Å². The van der Waals surface area contributed by atoms with Crippen molar-refractivity contribution in [3.63, 3.8) is 0 Å². The SMILES string of the molecule is CSCCC(C)N(C)CCCCNC1CC1. The summed E-state index contributed by atoms with van der Waals surface area (Å²) in [5.74, 6) is 1.29. The molecule has 1 atom stereocenters. The largest absolute Gasteiger partial charge is 0.314 e. The summed E-state index contributed by atoms with van der Waals surface area (Å²) in [6, 6.07) is 1.61. The van der Waals surface area contributed by atoms with Crippen LogP contribution in [0.1, 0.15) is 39.0 Å². The van der Waals surface area contributed by atoms with Crippen molar-refractivity contribution in [3.8, 4) is 0 Å². The fourth-order valence-corrected chi connectivity index (χ4v) is 2.39. The Labute approximate surface area is 106 Å². The topological polar surface area (TPSA) is 15.3 Å². The standard InChI is InChI=1S/C13H28N2S/c1-12(8-11-16-3)15(2)10-5-4-9-14-13-6-7-13/h12-14H,4-11H2,1-3H3. The second-order valence-electron chi connectivity index (χ2n) is 5.05. The molecule has 1 aliphatic carbocycles. The summed E-state index contributed by atoms with van der Waals surface area (Å²) >= 11 is 1.95. The number of thioether (sulfide) groups is 1. The van der Waals surface area contributed by atoms with E-state index in [2.05, 4.69) is 30.4 Å². The van der Waals surface area contributed by atoms with Crippen molar-refractivity contribution in [2.75, 3.05) is 32.1 Å². The van der Waals surface area contributed by atoms with Crippen LogP contribution in [0.3, 0.4) is 0 Å². The molecule has 0 radical (unpaired) electrons. The number of hydrogen-bond acceptors (Lipinski definition) is 3. The molecule has 0 spiro atoms. The fraction of sp³-hybridized carbons (Fsp3) is 1.00. The Morgan fingerprint density at radius 1 is 1.38 bits per heavy atom. The van der Waals surface area contributed by atoms with E-state index in [0.717, 1.165) is 12.1 Å². The minimum atomic E-state index is 0.740. The molecule has 1 rings (SSSR count). The molecule has 1 N–H and O–H groups in total. The fourth-order valence-electron chi connectivity index (χ4n) is 1.81. The first kappa shape index (κ1) is 14.3. The van der Waals surface area contributed by atoms with Crippen LogP contribution >= 0.6 is 11.8 Å². The monoisotopic (exact) mass is 244 g/mol. The van der Waals surface area contributed by atoms with E-state index in [4.69, 9.17) is 0 Å². The molecule has 0 saturated heterocycles. The number of nitrogens with one attached hydrogen (secondary N) is 1. The van der Waals surface area contributed by atoms with Crippen molar-refractivity contribution in [1.29, 1.82) is 0 Å². The van der Waals surface area contributed by atoms with Gasteiger partial charge < -0.3 is 10.2 Å². The molecule has 16 heavy (non-hydrogen) atoms. The van der Waals surface area contributed by atoms with Crippen molar-refractivity contribution >= 4 is 11.8 Å². The molecule has 1 unspecified atom stereocenters. The lowest BCUT2D eigenvalue weighted by molar-refractivity contribution is 0.248. The Hall–Kier alpha value is 0.270. The Morgan fingerprint density at radius 2 is 2.12 bits per heavy atom. The average Bonchev–Trinajstić information content (AvgIpc) is 3.09. The van der Waals surface area contributed by atoms with Crippen molar-refractivity contribution < 1.29 is 0 Å². The number of hydrogen-bond donors (Lipinski definition) is 1. The molecule has 1 saturated carbocycles. The molecule has 0 aromatic carbocycles. The molecule has 0 aliphatic heterocycles. The quantitative estimate of drug-likeness (QED) is 0.595. The van der Waals surface area contributed by atoms with Gasteiger partial charge in [-0.2, -0.15) is 11.8 Å². The normalized spacial score (nSPS) is 18.0. The predicted molar refractivity (Wildman–Crippen MR) is 75.3 cm³/mol. The molecule has 0 amide bonds. The van der Waals surface area contributed by atoms with Gasteiger partial charge in [0.1, 0.15) is 0 Å². The maximum atomic E-state index is 3.57. The summed E-state index contributed by atoms with van der Waals surface area (Å²) in [4.78, 5) is 2.51. The van der Waals surface area contributed by atoms with Gasteiger partial charge in [-0.15, -0.1) is 0 Å². The van der Waals surface area contributed by atoms with Gasteiger partial charge in [0, 0.05) is 12.1 Å². The van der Waals surface area contributed by atoms with E-state index in [1.54, 1.807) is 0 Å². The summed E-state index contributed by atoms with van der Waals surface area (Å²) in [7, 11) is 2.26. The van der Waals surface area contributed by atoms with E-state index in [-0.39, 0.29) is 0 Å². The van der Waals surface area contributed by atoms with Crippen molar-refractivity contribution in [2.24, 2.45) is 0 Å². The van der Waals surface area contributed by atoms with Gasteiger partial charge in [-0.1, -0.05) is 0 Å². The second-order valence-corrected chi connectivity index (χ2v) is 6.03. The van der Waals surface area contributed by atoms with Gasteiger partial charge in [-0.25, -0.2) is 0 Å². The summed E-state index contributed by atoms with van der Waals surface area (Å²) in [6.45, 7) is 4.82. The maximum Gasteiger partial charge on any atom is 0.00717 e. The number of nitrogens with zero attached hydrogens (tertiary/aromatic N) is 1. The van der Waals surface area contributed by atoms with E-state index in [1.807, 2.05) is 11.8 Å². The number of unbranched alkanes of at least 4 members (excludes halogenated alkanes) is 1. The lowest BCUT2D eigenvalue weighted by atomic mass is 10.2. The average molecular weight is 244 g/mol. The van der Waals surface area contributed by atoms with E-state index in [9.17, 15) is 0 Å². The van der Waals surface area contributed by atoms with Crippen LogP contribution in [0.15, 0.2) is 0 Å². The first-order valence-corrected chi connectivity index (χ1v) is 8.06. The van der Waals surface area contributed by atoms with E-state index < -0.39 is 0 Å². The molecule has 96 valence electrons. The molecular formula is C13H28N2S. The minimum absolute atomic E-state index is 0.740. The second kappa shape index (κ2) is 8.37. The molecular weight excluding hydrogens is 216 g/mol.